The van der Waals surface area contributed by atoms with E-state index in [-0.39, 0.29) is 5.92 Å². The van der Waals surface area contributed by atoms with E-state index >= 15 is 0 Å². The normalized spacial score (nSPS) is 20.6. The molecule has 2 aromatic heterocycles. The highest BCUT2D eigenvalue weighted by Gasteiger charge is 2.43. The molecule has 0 amide bonds. The van der Waals surface area contributed by atoms with Crippen LogP contribution in [-0.4, -0.2) is 20.4 Å². The van der Waals surface area contributed by atoms with Gasteiger partial charge in [-0.3, -0.25) is 9.78 Å². The van der Waals surface area contributed by atoms with Crippen LogP contribution in [0.15, 0.2) is 42.7 Å². The van der Waals surface area contributed by atoms with Crippen LogP contribution in [0.1, 0.15) is 23.5 Å². The molecule has 0 aliphatic heterocycles. The van der Waals surface area contributed by atoms with Gasteiger partial charge in [0.05, 0.1) is 4.70 Å². The van der Waals surface area contributed by atoms with E-state index in [0.717, 1.165) is 22.2 Å². The van der Waals surface area contributed by atoms with E-state index in [1.54, 1.807) is 6.20 Å². The molecule has 0 bridgehead atoms. The zero-order valence-corrected chi connectivity index (χ0v) is 12.1. The van der Waals surface area contributed by atoms with Gasteiger partial charge in [-0.15, -0.1) is 5.10 Å². The van der Waals surface area contributed by atoms with Crippen LogP contribution >= 0.6 is 11.5 Å². The maximum atomic E-state index is 12.4. The lowest BCUT2D eigenvalue weighted by Gasteiger charge is -2.01. The second-order valence-corrected chi connectivity index (χ2v) is 6.24. The zero-order chi connectivity index (χ0) is 14.2. The van der Waals surface area contributed by atoms with Gasteiger partial charge in [-0.05, 0) is 53.2 Å². The summed E-state index contributed by atoms with van der Waals surface area (Å²) in [4.78, 5) is 16.5. The third-order valence-corrected chi connectivity index (χ3v) is 4.69. The molecule has 1 aromatic carbocycles. The van der Waals surface area contributed by atoms with Crippen molar-refractivity contribution in [2.75, 3.05) is 0 Å². The standard InChI is InChI=1S/C16H13N3OS/c20-15(13-8-12(13)11-2-1-5-17-9-11)6-10-3-4-14-16(7-10)21-19-18-14/h1-5,7,9,12-13H,6,8H2/t12?,13-/m1/s1. The topological polar surface area (TPSA) is 55.7 Å². The number of benzene rings is 1. The molecule has 2 atom stereocenters. The quantitative estimate of drug-likeness (QED) is 0.742. The maximum Gasteiger partial charge on any atom is 0.140 e. The molecule has 1 aliphatic rings. The van der Waals surface area contributed by atoms with Gasteiger partial charge in [0, 0.05) is 24.7 Å². The lowest BCUT2D eigenvalue weighted by atomic mass is 10.0. The van der Waals surface area contributed by atoms with E-state index in [0.29, 0.717) is 18.1 Å². The molecule has 5 heteroatoms. The molecule has 1 aliphatic carbocycles. The van der Waals surface area contributed by atoms with Gasteiger partial charge in [0.1, 0.15) is 11.3 Å². The van der Waals surface area contributed by atoms with Crippen LogP contribution in [0.5, 0.6) is 0 Å². The molecule has 0 N–H and O–H groups in total. The number of pyridine rings is 1. The fraction of sp³-hybridized carbons (Fsp3) is 0.250. The maximum absolute atomic E-state index is 12.4. The molecule has 3 aromatic rings. The molecule has 0 radical (unpaired) electrons. The Morgan fingerprint density at radius 1 is 1.33 bits per heavy atom. The molecule has 1 saturated carbocycles. The Morgan fingerprint density at radius 3 is 3.14 bits per heavy atom. The first-order valence-electron chi connectivity index (χ1n) is 6.95. The minimum atomic E-state index is 0.157. The largest absolute Gasteiger partial charge is 0.299 e. The number of hydrogen-bond acceptors (Lipinski definition) is 5. The Labute approximate surface area is 126 Å². The summed E-state index contributed by atoms with van der Waals surface area (Å²) in [5, 5.41) is 4.01. The molecule has 4 rings (SSSR count). The van der Waals surface area contributed by atoms with Crippen molar-refractivity contribution in [3.8, 4) is 0 Å². The number of hydrogen-bond donors (Lipinski definition) is 0. The van der Waals surface area contributed by atoms with Crippen molar-refractivity contribution >= 4 is 27.5 Å². The Morgan fingerprint density at radius 2 is 2.29 bits per heavy atom. The summed E-state index contributed by atoms with van der Waals surface area (Å²) in [6.45, 7) is 0. The zero-order valence-electron chi connectivity index (χ0n) is 11.3. The summed E-state index contributed by atoms with van der Waals surface area (Å²) in [5.74, 6) is 0.838. The summed E-state index contributed by atoms with van der Waals surface area (Å²) >= 11 is 1.37. The lowest BCUT2D eigenvalue weighted by molar-refractivity contribution is -0.119. The molecule has 104 valence electrons. The van der Waals surface area contributed by atoms with Crippen molar-refractivity contribution in [1.29, 1.82) is 0 Å². The number of aromatic nitrogens is 3. The molecule has 0 spiro atoms. The van der Waals surface area contributed by atoms with Crippen molar-refractivity contribution in [3.63, 3.8) is 0 Å². The predicted molar refractivity (Wildman–Crippen MR) is 81.2 cm³/mol. The lowest BCUT2D eigenvalue weighted by Crippen LogP contribution is -2.06. The van der Waals surface area contributed by atoms with Gasteiger partial charge in [0.2, 0.25) is 0 Å². The van der Waals surface area contributed by atoms with E-state index in [1.165, 1.54) is 17.1 Å². The number of carbonyl (C=O) groups is 1. The molecule has 4 nitrogen and oxygen atoms in total. The Bertz CT molecular complexity index is 799. The minimum Gasteiger partial charge on any atom is -0.299 e. The number of carbonyl (C=O) groups excluding carboxylic acids is 1. The molecular formula is C16H13N3OS. The van der Waals surface area contributed by atoms with E-state index in [9.17, 15) is 4.79 Å². The third kappa shape index (κ3) is 2.45. The average Bonchev–Trinajstić information content (AvgIpc) is 3.19. The number of nitrogens with zero attached hydrogens (tertiary/aromatic N) is 3. The van der Waals surface area contributed by atoms with E-state index in [2.05, 4.69) is 20.6 Å². The van der Waals surface area contributed by atoms with E-state index in [1.807, 2.05) is 30.5 Å². The fourth-order valence-electron chi connectivity index (χ4n) is 2.78. The molecule has 0 saturated heterocycles. The monoisotopic (exact) mass is 295 g/mol. The van der Waals surface area contributed by atoms with Gasteiger partial charge in [0.15, 0.2) is 0 Å². The highest BCUT2D eigenvalue weighted by Crippen LogP contribution is 2.48. The van der Waals surface area contributed by atoms with E-state index < -0.39 is 0 Å². The van der Waals surface area contributed by atoms with Crippen LogP contribution in [0, 0.1) is 5.92 Å². The number of ketones is 1. The summed E-state index contributed by atoms with van der Waals surface area (Å²) in [6.07, 6.45) is 5.08. The number of Topliss-reactive ketones (excluding diaryl/α,β-unsaturated/α-hetero) is 1. The summed E-state index contributed by atoms with van der Waals surface area (Å²) < 4.78 is 4.96. The smallest absolute Gasteiger partial charge is 0.140 e. The first kappa shape index (κ1) is 12.6. The Balaban J connectivity index is 1.47. The first-order chi connectivity index (χ1) is 10.3. The highest BCUT2D eigenvalue weighted by atomic mass is 32.1. The van der Waals surface area contributed by atoms with Crippen LogP contribution in [0.25, 0.3) is 10.2 Å². The fourth-order valence-corrected chi connectivity index (χ4v) is 3.40. The second-order valence-electron chi connectivity index (χ2n) is 5.45. The van der Waals surface area contributed by atoms with Crippen LogP contribution in [-0.2, 0) is 11.2 Å². The van der Waals surface area contributed by atoms with Crippen LogP contribution < -0.4 is 0 Å². The average molecular weight is 295 g/mol. The molecule has 1 fully saturated rings. The van der Waals surface area contributed by atoms with Crippen molar-refractivity contribution in [2.24, 2.45) is 5.92 Å². The van der Waals surface area contributed by atoms with Crippen LogP contribution in [0.4, 0.5) is 0 Å². The van der Waals surface area contributed by atoms with Gasteiger partial charge in [0.25, 0.3) is 0 Å². The van der Waals surface area contributed by atoms with Gasteiger partial charge in [-0.2, -0.15) is 0 Å². The van der Waals surface area contributed by atoms with E-state index in [4.69, 9.17) is 0 Å². The molecule has 1 unspecified atom stereocenters. The Kier molecular flexibility index (Phi) is 3.00. The molecule has 2 heterocycles. The summed E-state index contributed by atoms with van der Waals surface area (Å²) in [6, 6.07) is 9.93. The van der Waals surface area contributed by atoms with Crippen molar-refractivity contribution in [2.45, 2.75) is 18.8 Å². The molecular weight excluding hydrogens is 282 g/mol. The predicted octanol–water partition coefficient (Wildman–Crippen LogP) is 3.00. The van der Waals surface area contributed by atoms with Gasteiger partial charge >= 0.3 is 0 Å². The van der Waals surface area contributed by atoms with Gasteiger partial charge < -0.3 is 0 Å². The van der Waals surface area contributed by atoms with Crippen molar-refractivity contribution < 1.29 is 4.79 Å². The third-order valence-electron chi connectivity index (χ3n) is 4.01. The highest BCUT2D eigenvalue weighted by molar-refractivity contribution is 7.12. The Hall–Kier alpha value is -2.14. The SMILES string of the molecule is O=C(Cc1ccc2nnsc2c1)[C@@H]1CC1c1cccnc1. The minimum absolute atomic E-state index is 0.157. The summed E-state index contributed by atoms with van der Waals surface area (Å²) in [5.41, 5.74) is 3.13. The van der Waals surface area contributed by atoms with Gasteiger partial charge in [-0.25, -0.2) is 0 Å². The first-order valence-corrected chi connectivity index (χ1v) is 7.72. The number of rotatable bonds is 4. The second kappa shape index (κ2) is 5.00. The number of fused-ring (bicyclic) bond motifs is 1. The van der Waals surface area contributed by atoms with Crippen LogP contribution in [0.3, 0.4) is 0 Å². The van der Waals surface area contributed by atoms with Crippen molar-refractivity contribution in [1.82, 2.24) is 14.6 Å². The van der Waals surface area contributed by atoms with Crippen molar-refractivity contribution in [3.05, 3.63) is 53.9 Å². The van der Waals surface area contributed by atoms with Crippen LogP contribution in [0.2, 0.25) is 0 Å². The van der Waals surface area contributed by atoms with Gasteiger partial charge in [-0.1, -0.05) is 16.6 Å². The summed E-state index contributed by atoms with van der Waals surface area (Å²) in [7, 11) is 0. The molecule has 21 heavy (non-hydrogen) atoms.